The van der Waals surface area contributed by atoms with Crippen LogP contribution in [0.4, 0.5) is 0 Å². The van der Waals surface area contributed by atoms with E-state index in [1.54, 1.807) is 7.05 Å². The largest absolute Gasteiger partial charge is 0.347 e. The second kappa shape index (κ2) is 8.68. The Morgan fingerprint density at radius 2 is 2.08 bits per heavy atom. The Hall–Kier alpha value is -1.32. The molecule has 134 valence electrons. The van der Waals surface area contributed by atoms with E-state index >= 15 is 0 Å². The van der Waals surface area contributed by atoms with E-state index < -0.39 is 0 Å². The van der Waals surface area contributed by atoms with E-state index in [1.165, 1.54) is 5.56 Å². The average Bonchev–Trinajstić information content (AvgIpc) is 3.28. The first-order chi connectivity index (χ1) is 11.2. The average molecular weight is 446 g/mol. The van der Waals surface area contributed by atoms with Crippen molar-refractivity contribution in [1.82, 2.24) is 24.9 Å². The van der Waals surface area contributed by atoms with Crippen molar-refractivity contribution in [1.29, 1.82) is 0 Å². The molecule has 1 aromatic heterocycles. The van der Waals surface area contributed by atoms with Gasteiger partial charge in [0.25, 0.3) is 0 Å². The zero-order chi connectivity index (χ0) is 16.2. The molecule has 0 bridgehead atoms. The van der Waals surface area contributed by atoms with Crippen molar-refractivity contribution in [2.24, 2.45) is 12.0 Å². The minimum Gasteiger partial charge on any atom is -0.347 e. The maximum atomic E-state index is 12.1. The number of aromatic nitrogens is 2. The van der Waals surface area contributed by atoms with Crippen molar-refractivity contribution in [3.8, 4) is 0 Å². The number of nitrogens with one attached hydrogen (secondary N) is 1. The number of carbonyl (C=O) groups is 1. The Labute approximate surface area is 160 Å². The molecular formula is C16H27IN6O. The van der Waals surface area contributed by atoms with Crippen LogP contribution in [-0.2, 0) is 11.8 Å². The molecule has 3 heterocycles. The van der Waals surface area contributed by atoms with Gasteiger partial charge in [0.05, 0.1) is 12.7 Å². The lowest BCUT2D eigenvalue weighted by molar-refractivity contribution is -0.128. The van der Waals surface area contributed by atoms with Gasteiger partial charge in [-0.25, -0.2) is 0 Å². The minimum atomic E-state index is 0. The topological polar surface area (TPSA) is 65.8 Å². The quantitative estimate of drug-likeness (QED) is 0.428. The summed E-state index contributed by atoms with van der Waals surface area (Å²) >= 11 is 0. The van der Waals surface area contributed by atoms with Gasteiger partial charge in [0.1, 0.15) is 0 Å². The molecule has 2 fully saturated rings. The number of guanidine groups is 1. The zero-order valence-electron chi connectivity index (χ0n) is 14.4. The van der Waals surface area contributed by atoms with Crippen LogP contribution < -0.4 is 5.32 Å². The molecule has 0 aromatic carbocycles. The van der Waals surface area contributed by atoms with Gasteiger partial charge in [-0.2, -0.15) is 5.10 Å². The van der Waals surface area contributed by atoms with Crippen LogP contribution in [0, 0.1) is 0 Å². The van der Waals surface area contributed by atoms with E-state index in [0.717, 1.165) is 51.4 Å². The molecule has 7 nitrogen and oxygen atoms in total. The highest BCUT2D eigenvalue weighted by Crippen LogP contribution is 2.26. The Morgan fingerprint density at radius 1 is 1.33 bits per heavy atom. The Bertz CT molecular complexity index is 581. The van der Waals surface area contributed by atoms with Crippen LogP contribution in [0.25, 0.3) is 0 Å². The molecule has 1 amide bonds. The normalized spacial score (nSPS) is 21.1. The van der Waals surface area contributed by atoms with Crippen molar-refractivity contribution in [2.45, 2.75) is 25.2 Å². The number of amides is 1. The number of nitrogens with zero attached hydrogens (tertiary/aromatic N) is 5. The fourth-order valence-corrected chi connectivity index (χ4v) is 3.44. The summed E-state index contributed by atoms with van der Waals surface area (Å²) in [6.45, 7) is 4.00. The predicted octanol–water partition coefficient (Wildman–Crippen LogP) is 1.03. The molecule has 2 aliphatic heterocycles. The van der Waals surface area contributed by atoms with Crippen molar-refractivity contribution in [2.75, 3.05) is 39.8 Å². The summed E-state index contributed by atoms with van der Waals surface area (Å²) in [5.74, 6) is 1.48. The first-order valence-corrected chi connectivity index (χ1v) is 8.39. The van der Waals surface area contributed by atoms with Crippen molar-refractivity contribution in [3.05, 3.63) is 18.0 Å². The molecule has 0 spiro atoms. The molecule has 1 unspecified atom stereocenters. The summed E-state index contributed by atoms with van der Waals surface area (Å²) in [5, 5.41) is 7.49. The number of hydrogen-bond donors (Lipinski definition) is 1. The molecule has 1 N–H and O–H groups in total. The van der Waals surface area contributed by atoms with Crippen LogP contribution in [0.1, 0.15) is 30.7 Å². The molecule has 1 atom stereocenters. The van der Waals surface area contributed by atoms with Gasteiger partial charge in [0, 0.05) is 52.4 Å². The van der Waals surface area contributed by atoms with Crippen LogP contribution >= 0.6 is 24.0 Å². The molecule has 8 heteroatoms. The number of rotatable bonds is 3. The first-order valence-electron chi connectivity index (χ1n) is 8.39. The molecule has 24 heavy (non-hydrogen) atoms. The van der Waals surface area contributed by atoms with Crippen LogP contribution in [0.3, 0.4) is 0 Å². The second-order valence-corrected chi connectivity index (χ2v) is 6.37. The maximum absolute atomic E-state index is 12.1. The minimum absolute atomic E-state index is 0. The van der Waals surface area contributed by atoms with Crippen molar-refractivity contribution >= 4 is 35.8 Å². The lowest BCUT2D eigenvalue weighted by Gasteiger charge is -2.23. The van der Waals surface area contributed by atoms with E-state index in [-0.39, 0.29) is 29.9 Å². The highest BCUT2D eigenvalue weighted by molar-refractivity contribution is 14.0. The number of halogens is 1. The second-order valence-electron chi connectivity index (χ2n) is 6.37. The molecular weight excluding hydrogens is 419 g/mol. The van der Waals surface area contributed by atoms with Crippen LogP contribution in [0.2, 0.25) is 0 Å². The van der Waals surface area contributed by atoms with Gasteiger partial charge in [-0.3, -0.25) is 14.5 Å². The number of aryl methyl sites for hydroxylation is 1. The number of carbonyl (C=O) groups excluding carboxylic acids is 1. The van der Waals surface area contributed by atoms with E-state index in [1.807, 2.05) is 22.8 Å². The monoisotopic (exact) mass is 446 g/mol. The molecule has 1 aromatic rings. The van der Waals surface area contributed by atoms with E-state index in [9.17, 15) is 4.79 Å². The Morgan fingerprint density at radius 3 is 2.71 bits per heavy atom. The van der Waals surface area contributed by atoms with Gasteiger partial charge in [-0.05, 0) is 24.8 Å². The molecule has 2 saturated heterocycles. The first kappa shape index (κ1) is 19.0. The van der Waals surface area contributed by atoms with Crippen molar-refractivity contribution < 1.29 is 4.79 Å². The zero-order valence-corrected chi connectivity index (χ0v) is 16.8. The van der Waals surface area contributed by atoms with Gasteiger partial charge >= 0.3 is 0 Å². The highest BCUT2D eigenvalue weighted by atomic mass is 127. The summed E-state index contributed by atoms with van der Waals surface area (Å²) in [6.07, 6.45) is 7.37. The summed E-state index contributed by atoms with van der Waals surface area (Å²) in [7, 11) is 3.72. The third-order valence-corrected chi connectivity index (χ3v) is 4.75. The van der Waals surface area contributed by atoms with E-state index in [2.05, 4.69) is 26.5 Å². The fourth-order valence-electron chi connectivity index (χ4n) is 3.44. The molecule has 3 rings (SSSR count). The standard InChI is InChI=1S/C16H26N6O.HI/c1-17-16(18-10-15(23)21-6-3-4-7-21)22-8-5-13(12-22)14-9-19-20(2)11-14;/h9,11,13H,3-8,10,12H2,1-2H3,(H,17,18);1H. The molecule has 2 aliphatic rings. The van der Waals surface area contributed by atoms with Crippen molar-refractivity contribution in [3.63, 3.8) is 0 Å². The maximum Gasteiger partial charge on any atom is 0.241 e. The third kappa shape index (κ3) is 4.40. The number of likely N-dealkylation sites (tertiary alicyclic amines) is 2. The van der Waals surface area contributed by atoms with Gasteiger partial charge in [-0.1, -0.05) is 0 Å². The SMILES string of the molecule is CN=C(NCC(=O)N1CCCC1)N1CCC(c2cnn(C)c2)C1.I. The predicted molar refractivity (Wildman–Crippen MR) is 105 cm³/mol. The Balaban J connectivity index is 0.00000208. The smallest absolute Gasteiger partial charge is 0.241 e. The van der Waals surface area contributed by atoms with Gasteiger partial charge in [0.15, 0.2) is 5.96 Å². The van der Waals surface area contributed by atoms with Gasteiger partial charge < -0.3 is 15.1 Å². The van der Waals surface area contributed by atoms with Crippen LogP contribution in [-0.4, -0.2) is 71.2 Å². The summed E-state index contributed by atoms with van der Waals surface area (Å²) in [4.78, 5) is 20.7. The molecule has 0 aliphatic carbocycles. The van der Waals surface area contributed by atoms with E-state index in [0.29, 0.717) is 12.5 Å². The summed E-state index contributed by atoms with van der Waals surface area (Å²) in [5.41, 5.74) is 1.28. The van der Waals surface area contributed by atoms with Crippen LogP contribution in [0.5, 0.6) is 0 Å². The lowest BCUT2D eigenvalue weighted by Crippen LogP contribution is -2.45. The number of aliphatic imine (C=N–C) groups is 1. The molecule has 0 radical (unpaired) electrons. The highest BCUT2D eigenvalue weighted by Gasteiger charge is 2.27. The van der Waals surface area contributed by atoms with E-state index in [4.69, 9.17) is 0 Å². The van der Waals surface area contributed by atoms with Gasteiger partial charge in [-0.15, -0.1) is 24.0 Å². The fraction of sp³-hybridized carbons (Fsp3) is 0.688. The third-order valence-electron chi connectivity index (χ3n) is 4.75. The summed E-state index contributed by atoms with van der Waals surface area (Å²) < 4.78 is 1.85. The summed E-state index contributed by atoms with van der Waals surface area (Å²) in [6, 6.07) is 0. The lowest BCUT2D eigenvalue weighted by atomic mass is 10.0. The van der Waals surface area contributed by atoms with Crippen LogP contribution in [0.15, 0.2) is 17.4 Å². The Kier molecular flexibility index (Phi) is 6.88. The molecule has 0 saturated carbocycles. The van der Waals surface area contributed by atoms with Gasteiger partial charge in [0.2, 0.25) is 5.91 Å². The number of hydrogen-bond acceptors (Lipinski definition) is 3.